The molecule has 0 aliphatic carbocycles. The fourth-order valence-electron chi connectivity index (χ4n) is 3.94. The number of benzene rings is 2. The lowest BCUT2D eigenvalue weighted by molar-refractivity contribution is -0.134. The van der Waals surface area contributed by atoms with Crippen molar-refractivity contribution < 1.29 is 31.9 Å². The van der Waals surface area contributed by atoms with Gasteiger partial charge in [-0.3, -0.25) is 9.59 Å². The largest absolute Gasteiger partial charge is 0.496 e. The first-order chi connectivity index (χ1) is 15.6. The molecule has 0 unspecified atom stereocenters. The van der Waals surface area contributed by atoms with Crippen LogP contribution in [0.3, 0.4) is 0 Å². The van der Waals surface area contributed by atoms with Gasteiger partial charge in [0.1, 0.15) is 22.9 Å². The summed E-state index contributed by atoms with van der Waals surface area (Å²) in [5, 5.41) is 0. The van der Waals surface area contributed by atoms with Gasteiger partial charge in [0.05, 0.1) is 7.11 Å². The normalized spacial score (nSPS) is 17.1. The predicted octanol–water partition coefficient (Wildman–Crippen LogP) is 2.88. The van der Waals surface area contributed by atoms with Crippen LogP contribution in [0.2, 0.25) is 0 Å². The average Bonchev–Trinajstić information content (AvgIpc) is 2.76. The second-order valence-corrected chi connectivity index (χ2v) is 8.03. The topological polar surface area (TPSA) is 75.9 Å². The minimum atomic E-state index is -1.30. The monoisotopic (exact) mass is 467 g/mol. The van der Waals surface area contributed by atoms with E-state index in [0.29, 0.717) is 6.07 Å². The summed E-state index contributed by atoms with van der Waals surface area (Å²) in [6.45, 7) is 2.32. The Labute approximate surface area is 188 Å². The Bertz CT molecular complexity index is 1050. The molecule has 0 spiro atoms. The standard InChI is InChI=1S/C23H25F4N3O3/c1-13-12-29(6-7-30(13)23(32)22-16(24)4-3-5-20(22)33-2)21(31)10-15(28)8-14-9-18(26)19(27)11-17(14)25/h3-5,9,11,13,15H,6-8,10,12,28H2,1-2H3/t13-,15+/m0/s1. The van der Waals surface area contributed by atoms with Gasteiger partial charge in [-0.1, -0.05) is 6.07 Å². The van der Waals surface area contributed by atoms with E-state index < -0.39 is 41.3 Å². The number of nitrogens with two attached hydrogens (primary N) is 1. The second-order valence-electron chi connectivity index (χ2n) is 8.03. The number of rotatable bonds is 6. The van der Waals surface area contributed by atoms with E-state index in [9.17, 15) is 27.2 Å². The maximum Gasteiger partial charge on any atom is 0.260 e. The van der Waals surface area contributed by atoms with E-state index in [1.807, 2.05) is 0 Å². The van der Waals surface area contributed by atoms with Crippen LogP contribution in [0.15, 0.2) is 30.3 Å². The summed E-state index contributed by atoms with van der Waals surface area (Å²) in [5.74, 6) is -4.83. The van der Waals surface area contributed by atoms with E-state index in [4.69, 9.17) is 10.5 Å². The molecule has 1 aliphatic heterocycles. The summed E-state index contributed by atoms with van der Waals surface area (Å²) in [4.78, 5) is 28.6. The van der Waals surface area contributed by atoms with Crippen LogP contribution in [0.5, 0.6) is 5.75 Å². The van der Waals surface area contributed by atoms with E-state index in [1.54, 1.807) is 6.92 Å². The molecule has 3 rings (SSSR count). The lowest BCUT2D eigenvalue weighted by Gasteiger charge is -2.40. The van der Waals surface area contributed by atoms with E-state index in [2.05, 4.69) is 0 Å². The number of carbonyl (C=O) groups is 2. The van der Waals surface area contributed by atoms with Crippen molar-refractivity contribution in [2.24, 2.45) is 5.73 Å². The fourth-order valence-corrected chi connectivity index (χ4v) is 3.94. The molecule has 2 amide bonds. The molecule has 0 radical (unpaired) electrons. The SMILES string of the molecule is COc1cccc(F)c1C(=O)N1CCN(C(=O)C[C@H](N)Cc2cc(F)c(F)cc2F)C[C@@H]1C. The smallest absolute Gasteiger partial charge is 0.260 e. The minimum Gasteiger partial charge on any atom is -0.496 e. The van der Waals surface area contributed by atoms with Crippen LogP contribution in [0.1, 0.15) is 29.3 Å². The Kier molecular flexibility index (Phi) is 7.57. The first-order valence-electron chi connectivity index (χ1n) is 10.4. The molecule has 6 nitrogen and oxygen atoms in total. The molecule has 0 aromatic heterocycles. The molecule has 2 atom stereocenters. The predicted molar refractivity (Wildman–Crippen MR) is 113 cm³/mol. The van der Waals surface area contributed by atoms with Gasteiger partial charge in [0, 0.05) is 44.2 Å². The average molecular weight is 467 g/mol. The van der Waals surface area contributed by atoms with Gasteiger partial charge in [0.25, 0.3) is 5.91 Å². The lowest BCUT2D eigenvalue weighted by Crippen LogP contribution is -2.56. The van der Waals surface area contributed by atoms with Gasteiger partial charge in [-0.25, -0.2) is 17.6 Å². The highest BCUT2D eigenvalue weighted by atomic mass is 19.2. The number of hydrogen-bond donors (Lipinski definition) is 1. The third-order valence-electron chi connectivity index (χ3n) is 5.66. The molecule has 1 fully saturated rings. The molecular weight excluding hydrogens is 442 g/mol. The van der Waals surface area contributed by atoms with Crippen molar-refractivity contribution >= 4 is 11.8 Å². The molecule has 33 heavy (non-hydrogen) atoms. The van der Waals surface area contributed by atoms with Crippen LogP contribution in [0, 0.1) is 23.3 Å². The third-order valence-corrected chi connectivity index (χ3v) is 5.66. The van der Waals surface area contributed by atoms with Crippen LogP contribution in [-0.2, 0) is 11.2 Å². The van der Waals surface area contributed by atoms with Gasteiger partial charge in [-0.05, 0) is 37.1 Å². The molecule has 178 valence electrons. The highest BCUT2D eigenvalue weighted by Gasteiger charge is 2.33. The summed E-state index contributed by atoms with van der Waals surface area (Å²) in [7, 11) is 1.35. The lowest BCUT2D eigenvalue weighted by atomic mass is 10.0. The number of hydrogen-bond acceptors (Lipinski definition) is 4. The number of carbonyl (C=O) groups excluding carboxylic acids is 2. The van der Waals surface area contributed by atoms with Crippen molar-refractivity contribution in [1.29, 1.82) is 0 Å². The zero-order valence-corrected chi connectivity index (χ0v) is 18.3. The highest BCUT2D eigenvalue weighted by Crippen LogP contribution is 2.25. The molecule has 2 N–H and O–H groups in total. The molecule has 2 aromatic carbocycles. The Morgan fingerprint density at radius 1 is 1.09 bits per heavy atom. The molecule has 2 aromatic rings. The van der Waals surface area contributed by atoms with Gasteiger partial charge in [0.2, 0.25) is 5.91 Å². The fraction of sp³-hybridized carbons (Fsp3) is 0.391. The summed E-state index contributed by atoms with van der Waals surface area (Å²) < 4.78 is 59.7. The van der Waals surface area contributed by atoms with Gasteiger partial charge in [-0.2, -0.15) is 0 Å². The molecule has 1 saturated heterocycles. The highest BCUT2D eigenvalue weighted by molar-refractivity contribution is 5.97. The van der Waals surface area contributed by atoms with Crippen LogP contribution >= 0.6 is 0 Å². The van der Waals surface area contributed by atoms with Crippen LogP contribution in [0.25, 0.3) is 0 Å². The number of ether oxygens (including phenoxy) is 1. The maximum absolute atomic E-state index is 14.3. The van der Waals surface area contributed by atoms with Crippen LogP contribution in [0.4, 0.5) is 17.6 Å². The van der Waals surface area contributed by atoms with Gasteiger partial charge < -0.3 is 20.3 Å². The number of halogens is 4. The van der Waals surface area contributed by atoms with E-state index in [1.165, 1.54) is 35.1 Å². The van der Waals surface area contributed by atoms with E-state index >= 15 is 0 Å². The molecule has 1 aliphatic rings. The number of amides is 2. The Morgan fingerprint density at radius 3 is 2.45 bits per heavy atom. The first-order valence-corrected chi connectivity index (χ1v) is 10.4. The third kappa shape index (κ3) is 5.44. The molecular formula is C23H25F4N3O3. The van der Waals surface area contributed by atoms with Crippen molar-refractivity contribution in [3.05, 3.63) is 64.7 Å². The first kappa shape index (κ1) is 24.5. The number of piperazine rings is 1. The summed E-state index contributed by atoms with van der Waals surface area (Å²) in [6.07, 6.45) is -0.282. The quantitative estimate of drug-likeness (QED) is 0.524. The molecule has 10 heteroatoms. The van der Waals surface area contributed by atoms with Crippen LogP contribution in [-0.4, -0.2) is 60.4 Å². The van der Waals surface area contributed by atoms with Gasteiger partial charge >= 0.3 is 0 Å². The second kappa shape index (κ2) is 10.2. The van der Waals surface area contributed by atoms with Crippen molar-refractivity contribution in [2.45, 2.75) is 31.8 Å². The molecule has 0 saturated carbocycles. The maximum atomic E-state index is 14.3. The van der Waals surface area contributed by atoms with Crippen molar-refractivity contribution in [3.8, 4) is 5.75 Å². The van der Waals surface area contributed by atoms with E-state index in [-0.39, 0.29) is 55.3 Å². The molecule has 0 bridgehead atoms. The Morgan fingerprint density at radius 2 is 1.79 bits per heavy atom. The summed E-state index contributed by atoms with van der Waals surface area (Å²) in [5.41, 5.74) is 5.68. The van der Waals surface area contributed by atoms with Crippen LogP contribution < -0.4 is 10.5 Å². The Balaban J connectivity index is 1.61. The minimum absolute atomic E-state index is 0.114. The number of methoxy groups -OCH3 is 1. The zero-order chi connectivity index (χ0) is 24.3. The number of nitrogens with zero attached hydrogens (tertiary/aromatic N) is 2. The van der Waals surface area contributed by atoms with E-state index in [0.717, 1.165) is 6.07 Å². The summed E-state index contributed by atoms with van der Waals surface area (Å²) >= 11 is 0. The molecule has 1 heterocycles. The Hall–Kier alpha value is -3.14. The van der Waals surface area contributed by atoms with Crippen molar-refractivity contribution in [1.82, 2.24) is 9.80 Å². The van der Waals surface area contributed by atoms with Crippen molar-refractivity contribution in [3.63, 3.8) is 0 Å². The van der Waals surface area contributed by atoms with Gasteiger partial charge in [0.15, 0.2) is 11.6 Å². The summed E-state index contributed by atoms with van der Waals surface area (Å²) in [6, 6.07) is 4.09. The van der Waals surface area contributed by atoms with Crippen molar-refractivity contribution in [2.75, 3.05) is 26.7 Å². The van der Waals surface area contributed by atoms with Gasteiger partial charge in [-0.15, -0.1) is 0 Å². The zero-order valence-electron chi connectivity index (χ0n) is 18.3.